The zero-order valence-electron chi connectivity index (χ0n) is 11.1. The molecule has 5 nitrogen and oxygen atoms in total. The predicted molar refractivity (Wildman–Crippen MR) is 76.4 cm³/mol. The van der Waals surface area contributed by atoms with Crippen LogP contribution in [0.5, 0.6) is 0 Å². The van der Waals surface area contributed by atoms with E-state index in [0.717, 1.165) is 5.56 Å². The van der Waals surface area contributed by atoms with Gasteiger partial charge in [-0.25, -0.2) is 17.5 Å². The van der Waals surface area contributed by atoms with Gasteiger partial charge in [0.25, 0.3) is 0 Å². The normalized spacial score (nSPS) is 11.7. The average Bonchev–Trinajstić information content (AvgIpc) is 2.79. The first-order chi connectivity index (χ1) is 9.41. The van der Waals surface area contributed by atoms with E-state index in [-0.39, 0.29) is 23.9 Å². The Labute approximate surface area is 117 Å². The van der Waals surface area contributed by atoms with Crippen molar-refractivity contribution in [2.24, 2.45) is 0 Å². The van der Waals surface area contributed by atoms with Crippen LogP contribution in [0.4, 0.5) is 10.2 Å². The van der Waals surface area contributed by atoms with Gasteiger partial charge in [-0.05, 0) is 24.3 Å². The molecule has 0 fully saturated rings. The van der Waals surface area contributed by atoms with Crippen LogP contribution in [0.25, 0.3) is 11.3 Å². The van der Waals surface area contributed by atoms with Crippen molar-refractivity contribution < 1.29 is 12.8 Å². The largest absolute Gasteiger partial charge is 0.384 e. The summed E-state index contributed by atoms with van der Waals surface area (Å²) in [5.41, 5.74) is 7.14. The van der Waals surface area contributed by atoms with E-state index in [1.807, 2.05) is 0 Å². The van der Waals surface area contributed by atoms with Gasteiger partial charge < -0.3 is 5.73 Å². The number of rotatable bonds is 5. The number of hydrogen-bond acceptors (Lipinski definition) is 4. The number of aromatic nitrogens is 2. The highest BCUT2D eigenvalue weighted by Crippen LogP contribution is 2.20. The zero-order valence-corrected chi connectivity index (χ0v) is 11.9. The highest BCUT2D eigenvalue weighted by atomic mass is 32.2. The summed E-state index contributed by atoms with van der Waals surface area (Å²) in [6, 6.07) is 7.53. The summed E-state index contributed by atoms with van der Waals surface area (Å²) < 4.78 is 37.3. The maximum absolute atomic E-state index is 12.9. The Morgan fingerprint density at radius 1 is 1.30 bits per heavy atom. The topological polar surface area (TPSA) is 78.0 Å². The lowest BCUT2D eigenvalue weighted by molar-refractivity contribution is 0.583. The average molecular weight is 297 g/mol. The van der Waals surface area contributed by atoms with Crippen LogP contribution in [0.1, 0.15) is 6.92 Å². The molecular formula is C13H16FN3O2S. The maximum atomic E-state index is 12.9. The molecule has 0 bridgehead atoms. The summed E-state index contributed by atoms with van der Waals surface area (Å²) in [6.07, 6.45) is 0. The minimum Gasteiger partial charge on any atom is -0.384 e. The SMILES string of the molecule is CCS(=O)(=O)CCn1nc(-c2ccc(F)cc2)cc1N. The Morgan fingerprint density at radius 3 is 2.55 bits per heavy atom. The lowest BCUT2D eigenvalue weighted by atomic mass is 10.1. The third-order valence-electron chi connectivity index (χ3n) is 3.01. The van der Waals surface area contributed by atoms with E-state index in [1.54, 1.807) is 25.1 Å². The van der Waals surface area contributed by atoms with Crippen molar-refractivity contribution in [3.63, 3.8) is 0 Å². The van der Waals surface area contributed by atoms with Crippen LogP contribution in [0.3, 0.4) is 0 Å². The Morgan fingerprint density at radius 2 is 1.95 bits per heavy atom. The molecule has 0 saturated carbocycles. The van der Waals surface area contributed by atoms with Gasteiger partial charge in [0.05, 0.1) is 18.0 Å². The summed E-state index contributed by atoms with van der Waals surface area (Å²) >= 11 is 0. The van der Waals surface area contributed by atoms with Crippen LogP contribution < -0.4 is 5.73 Å². The standard InChI is InChI=1S/C13H16FN3O2S/c1-2-20(18,19)8-7-17-13(15)9-12(16-17)10-3-5-11(14)6-4-10/h3-6,9H,2,7-8,15H2,1H3. The van der Waals surface area contributed by atoms with Crippen molar-refractivity contribution in [2.45, 2.75) is 13.5 Å². The molecule has 0 aliphatic carbocycles. The van der Waals surface area contributed by atoms with Gasteiger partial charge in [0.15, 0.2) is 9.84 Å². The van der Waals surface area contributed by atoms with Crippen molar-refractivity contribution >= 4 is 15.7 Å². The number of nitrogen functional groups attached to an aromatic ring is 1. The molecule has 1 aromatic heterocycles. The van der Waals surface area contributed by atoms with Crippen LogP contribution >= 0.6 is 0 Å². The fourth-order valence-electron chi connectivity index (χ4n) is 1.74. The second-order valence-electron chi connectivity index (χ2n) is 4.42. The first-order valence-corrected chi connectivity index (χ1v) is 8.03. The van der Waals surface area contributed by atoms with E-state index in [2.05, 4.69) is 5.10 Å². The monoisotopic (exact) mass is 297 g/mol. The van der Waals surface area contributed by atoms with Gasteiger partial charge in [0.2, 0.25) is 0 Å². The molecule has 0 aliphatic rings. The number of hydrogen-bond donors (Lipinski definition) is 1. The number of benzene rings is 1. The number of nitrogens with two attached hydrogens (primary N) is 1. The number of halogens is 1. The van der Waals surface area contributed by atoms with E-state index in [4.69, 9.17) is 5.73 Å². The summed E-state index contributed by atoms with van der Waals surface area (Å²) in [6.45, 7) is 1.81. The Kier molecular flexibility index (Phi) is 4.08. The second kappa shape index (κ2) is 5.62. The fourth-order valence-corrected chi connectivity index (χ4v) is 2.48. The molecule has 0 unspecified atom stereocenters. The zero-order chi connectivity index (χ0) is 14.8. The molecule has 0 atom stereocenters. The summed E-state index contributed by atoms with van der Waals surface area (Å²) in [7, 11) is -3.06. The minimum atomic E-state index is -3.06. The first kappa shape index (κ1) is 14.5. The van der Waals surface area contributed by atoms with Gasteiger partial charge in [-0.1, -0.05) is 6.92 Å². The van der Waals surface area contributed by atoms with E-state index in [0.29, 0.717) is 11.5 Å². The maximum Gasteiger partial charge on any atom is 0.151 e. The van der Waals surface area contributed by atoms with Gasteiger partial charge in [0, 0.05) is 17.4 Å². The molecule has 0 spiro atoms. The molecule has 1 aromatic carbocycles. The third kappa shape index (κ3) is 3.36. The van der Waals surface area contributed by atoms with Crippen LogP contribution in [-0.4, -0.2) is 29.7 Å². The van der Waals surface area contributed by atoms with Crippen LogP contribution in [-0.2, 0) is 16.4 Å². The third-order valence-corrected chi connectivity index (χ3v) is 4.69. The van der Waals surface area contributed by atoms with Crippen LogP contribution in [0.2, 0.25) is 0 Å². The fraction of sp³-hybridized carbons (Fsp3) is 0.308. The highest BCUT2D eigenvalue weighted by Gasteiger charge is 2.11. The molecule has 2 rings (SSSR count). The van der Waals surface area contributed by atoms with Gasteiger partial charge in [-0.15, -0.1) is 0 Å². The van der Waals surface area contributed by atoms with Crippen LogP contribution in [0.15, 0.2) is 30.3 Å². The molecule has 7 heteroatoms. The van der Waals surface area contributed by atoms with E-state index in [1.165, 1.54) is 16.8 Å². The smallest absolute Gasteiger partial charge is 0.151 e. The van der Waals surface area contributed by atoms with Crippen molar-refractivity contribution in [1.82, 2.24) is 9.78 Å². The molecule has 1 heterocycles. The van der Waals surface area contributed by atoms with Gasteiger partial charge in [-0.2, -0.15) is 5.10 Å². The molecule has 0 amide bonds. The molecule has 108 valence electrons. The van der Waals surface area contributed by atoms with Crippen molar-refractivity contribution in [1.29, 1.82) is 0 Å². The Bertz CT molecular complexity index is 693. The second-order valence-corrected chi connectivity index (χ2v) is 6.89. The van der Waals surface area contributed by atoms with E-state index >= 15 is 0 Å². The summed E-state index contributed by atoms with van der Waals surface area (Å²) in [4.78, 5) is 0. The number of anilines is 1. The first-order valence-electron chi connectivity index (χ1n) is 6.21. The minimum absolute atomic E-state index is 0.00175. The predicted octanol–water partition coefficient (Wildman–Crippen LogP) is 1.71. The lowest BCUT2D eigenvalue weighted by Crippen LogP contribution is -2.16. The van der Waals surface area contributed by atoms with Crippen LogP contribution in [0, 0.1) is 5.82 Å². The summed E-state index contributed by atoms with van der Waals surface area (Å²) in [5, 5.41) is 4.25. The molecule has 0 saturated heterocycles. The highest BCUT2D eigenvalue weighted by molar-refractivity contribution is 7.91. The molecule has 0 aliphatic heterocycles. The van der Waals surface area contributed by atoms with Gasteiger partial charge >= 0.3 is 0 Å². The van der Waals surface area contributed by atoms with Crippen molar-refractivity contribution in [3.05, 3.63) is 36.1 Å². The molecule has 2 N–H and O–H groups in total. The lowest BCUT2D eigenvalue weighted by Gasteiger charge is -2.03. The molecular weight excluding hydrogens is 281 g/mol. The van der Waals surface area contributed by atoms with Crippen molar-refractivity contribution in [2.75, 3.05) is 17.2 Å². The Balaban J connectivity index is 2.19. The van der Waals surface area contributed by atoms with Crippen molar-refractivity contribution in [3.8, 4) is 11.3 Å². The van der Waals surface area contributed by atoms with E-state index < -0.39 is 9.84 Å². The van der Waals surface area contributed by atoms with Gasteiger partial charge in [0.1, 0.15) is 11.6 Å². The number of sulfone groups is 1. The summed E-state index contributed by atoms with van der Waals surface area (Å²) in [5.74, 6) is 0.155. The van der Waals surface area contributed by atoms with Gasteiger partial charge in [-0.3, -0.25) is 0 Å². The number of aryl methyl sites for hydroxylation is 1. The Hall–Kier alpha value is -1.89. The molecule has 2 aromatic rings. The molecule has 20 heavy (non-hydrogen) atoms. The number of nitrogens with zero attached hydrogens (tertiary/aromatic N) is 2. The van der Waals surface area contributed by atoms with E-state index in [9.17, 15) is 12.8 Å². The molecule has 0 radical (unpaired) electrons. The quantitative estimate of drug-likeness (QED) is 0.911.